The number of carbonyl (C=O) groups is 1. The van der Waals surface area contributed by atoms with Crippen molar-refractivity contribution in [1.29, 1.82) is 5.26 Å². The molecule has 0 saturated carbocycles. The van der Waals surface area contributed by atoms with Crippen LogP contribution in [0, 0.1) is 16.7 Å². The van der Waals surface area contributed by atoms with Gasteiger partial charge in [-0.15, -0.1) is 0 Å². The van der Waals surface area contributed by atoms with Crippen molar-refractivity contribution in [2.45, 2.75) is 33.2 Å². The minimum absolute atomic E-state index is 0.0169. The number of rotatable bonds is 4. The van der Waals surface area contributed by atoms with Crippen LogP contribution in [-0.4, -0.2) is 28.6 Å². The molecule has 0 bridgehead atoms. The normalized spacial score (nSPS) is 12.6. The molecule has 0 fully saturated rings. The second kappa shape index (κ2) is 6.30. The monoisotopic (exact) mass is 261 g/mol. The molecule has 5 nitrogen and oxygen atoms in total. The molecule has 1 aromatic rings. The second-order valence-electron chi connectivity index (χ2n) is 5.45. The fourth-order valence-corrected chi connectivity index (χ4v) is 1.68. The van der Waals surface area contributed by atoms with Gasteiger partial charge in [-0.3, -0.25) is 4.79 Å². The SMILES string of the molecule is CC(C)(C)C(CCO)NC(=O)c1ccc(C#N)cn1. The van der Waals surface area contributed by atoms with Gasteiger partial charge < -0.3 is 10.4 Å². The fourth-order valence-electron chi connectivity index (χ4n) is 1.68. The highest BCUT2D eigenvalue weighted by Gasteiger charge is 2.26. The van der Waals surface area contributed by atoms with Gasteiger partial charge in [0.25, 0.3) is 5.91 Å². The zero-order valence-electron chi connectivity index (χ0n) is 11.5. The predicted octanol–water partition coefficient (Wildman–Crippen LogP) is 1.48. The summed E-state index contributed by atoms with van der Waals surface area (Å²) in [5, 5.41) is 20.6. The maximum absolute atomic E-state index is 12.0. The average molecular weight is 261 g/mol. The minimum Gasteiger partial charge on any atom is -0.396 e. The fraction of sp³-hybridized carbons (Fsp3) is 0.500. The lowest BCUT2D eigenvalue weighted by atomic mass is 9.85. The third-order valence-electron chi connectivity index (χ3n) is 2.89. The topological polar surface area (TPSA) is 86.0 Å². The Bertz CT molecular complexity index is 469. The van der Waals surface area contributed by atoms with E-state index in [0.717, 1.165) is 0 Å². The lowest BCUT2D eigenvalue weighted by molar-refractivity contribution is 0.0880. The molecule has 2 N–H and O–H groups in total. The molecule has 1 atom stereocenters. The summed E-state index contributed by atoms with van der Waals surface area (Å²) in [5.41, 5.74) is 0.538. The second-order valence-corrected chi connectivity index (χ2v) is 5.45. The molecule has 1 unspecified atom stereocenters. The molecule has 1 heterocycles. The van der Waals surface area contributed by atoms with Crippen LogP contribution in [0.2, 0.25) is 0 Å². The molecular weight excluding hydrogens is 242 g/mol. The molecule has 5 heteroatoms. The number of pyridine rings is 1. The number of hydrogen-bond donors (Lipinski definition) is 2. The van der Waals surface area contributed by atoms with Gasteiger partial charge in [-0.2, -0.15) is 5.26 Å². The van der Waals surface area contributed by atoms with Gasteiger partial charge in [0.2, 0.25) is 0 Å². The van der Waals surface area contributed by atoms with Crippen LogP contribution in [0.5, 0.6) is 0 Å². The number of hydrogen-bond acceptors (Lipinski definition) is 4. The molecule has 0 saturated heterocycles. The van der Waals surface area contributed by atoms with E-state index in [2.05, 4.69) is 10.3 Å². The first-order valence-electron chi connectivity index (χ1n) is 6.16. The first-order valence-corrected chi connectivity index (χ1v) is 6.16. The summed E-state index contributed by atoms with van der Waals surface area (Å²) in [6, 6.07) is 4.89. The summed E-state index contributed by atoms with van der Waals surface area (Å²) in [4.78, 5) is 16.0. The first-order chi connectivity index (χ1) is 8.88. The minimum atomic E-state index is -0.294. The lowest BCUT2D eigenvalue weighted by Gasteiger charge is -2.31. The van der Waals surface area contributed by atoms with E-state index in [4.69, 9.17) is 10.4 Å². The van der Waals surface area contributed by atoms with Crippen molar-refractivity contribution in [3.63, 3.8) is 0 Å². The van der Waals surface area contributed by atoms with E-state index >= 15 is 0 Å². The van der Waals surface area contributed by atoms with Crippen LogP contribution in [0.3, 0.4) is 0 Å². The van der Waals surface area contributed by atoms with Crippen molar-refractivity contribution < 1.29 is 9.90 Å². The van der Waals surface area contributed by atoms with Crippen molar-refractivity contribution in [2.24, 2.45) is 5.41 Å². The Labute approximate surface area is 113 Å². The van der Waals surface area contributed by atoms with Gasteiger partial charge in [0, 0.05) is 18.8 Å². The van der Waals surface area contributed by atoms with Crippen LogP contribution in [0.4, 0.5) is 0 Å². The summed E-state index contributed by atoms with van der Waals surface area (Å²) in [5.74, 6) is -0.294. The van der Waals surface area contributed by atoms with Crippen molar-refractivity contribution in [1.82, 2.24) is 10.3 Å². The molecule has 1 rings (SSSR count). The van der Waals surface area contributed by atoms with E-state index < -0.39 is 0 Å². The Kier molecular flexibility index (Phi) is 5.02. The zero-order chi connectivity index (χ0) is 14.5. The third kappa shape index (κ3) is 4.34. The van der Waals surface area contributed by atoms with Gasteiger partial charge in [-0.1, -0.05) is 20.8 Å². The maximum atomic E-state index is 12.0. The molecule has 0 spiro atoms. The van der Waals surface area contributed by atoms with Crippen molar-refractivity contribution >= 4 is 5.91 Å². The Balaban J connectivity index is 2.79. The standard InChI is InChI=1S/C14H19N3O2/c1-14(2,3)12(6-7-18)17-13(19)11-5-4-10(8-15)9-16-11/h4-5,9,12,18H,6-7H2,1-3H3,(H,17,19). The summed E-state index contributed by atoms with van der Waals surface area (Å²) in [7, 11) is 0. The molecule has 1 aromatic heterocycles. The first kappa shape index (κ1) is 15.1. The quantitative estimate of drug-likeness (QED) is 0.859. The number of carbonyl (C=O) groups excluding carboxylic acids is 1. The van der Waals surface area contributed by atoms with Crippen molar-refractivity contribution in [3.05, 3.63) is 29.6 Å². The van der Waals surface area contributed by atoms with Crippen LogP contribution in [0.25, 0.3) is 0 Å². The van der Waals surface area contributed by atoms with E-state index in [1.54, 1.807) is 6.07 Å². The Morgan fingerprint density at radius 1 is 1.53 bits per heavy atom. The number of aliphatic hydroxyl groups excluding tert-OH is 1. The molecule has 0 aliphatic carbocycles. The van der Waals surface area contributed by atoms with Crippen molar-refractivity contribution in [2.75, 3.05) is 6.61 Å². The molecule has 0 aliphatic heterocycles. The van der Waals surface area contributed by atoms with Crippen LogP contribution >= 0.6 is 0 Å². The van der Waals surface area contributed by atoms with Crippen LogP contribution in [0.15, 0.2) is 18.3 Å². The highest BCUT2D eigenvalue weighted by atomic mass is 16.3. The van der Waals surface area contributed by atoms with Gasteiger partial charge in [-0.25, -0.2) is 4.98 Å². The molecule has 0 aromatic carbocycles. The van der Waals surface area contributed by atoms with Gasteiger partial charge in [-0.05, 0) is 24.0 Å². The summed E-state index contributed by atoms with van der Waals surface area (Å²) in [6.45, 7) is 6.02. The van der Waals surface area contributed by atoms with Crippen LogP contribution in [0.1, 0.15) is 43.2 Å². The van der Waals surface area contributed by atoms with Gasteiger partial charge >= 0.3 is 0 Å². The van der Waals surface area contributed by atoms with Gasteiger partial charge in [0.15, 0.2) is 0 Å². The van der Waals surface area contributed by atoms with E-state index in [1.165, 1.54) is 12.3 Å². The highest BCUT2D eigenvalue weighted by molar-refractivity contribution is 5.92. The average Bonchev–Trinajstić information content (AvgIpc) is 2.37. The van der Waals surface area contributed by atoms with E-state index in [-0.39, 0.29) is 29.7 Å². The number of aromatic nitrogens is 1. The van der Waals surface area contributed by atoms with E-state index in [1.807, 2.05) is 26.8 Å². The van der Waals surface area contributed by atoms with Gasteiger partial charge in [0.05, 0.1) is 5.56 Å². The zero-order valence-corrected chi connectivity index (χ0v) is 11.5. The Morgan fingerprint density at radius 2 is 2.21 bits per heavy atom. The molecule has 0 radical (unpaired) electrons. The molecule has 102 valence electrons. The summed E-state index contributed by atoms with van der Waals surface area (Å²) >= 11 is 0. The number of nitrogens with one attached hydrogen (secondary N) is 1. The van der Waals surface area contributed by atoms with Gasteiger partial charge in [0.1, 0.15) is 11.8 Å². The van der Waals surface area contributed by atoms with E-state index in [9.17, 15) is 4.79 Å². The van der Waals surface area contributed by atoms with Crippen LogP contribution in [-0.2, 0) is 0 Å². The summed E-state index contributed by atoms with van der Waals surface area (Å²) in [6.07, 6.45) is 1.86. The highest BCUT2D eigenvalue weighted by Crippen LogP contribution is 2.21. The number of nitrogens with zero attached hydrogens (tertiary/aromatic N) is 2. The van der Waals surface area contributed by atoms with E-state index in [0.29, 0.717) is 12.0 Å². The third-order valence-corrected chi connectivity index (χ3v) is 2.89. The molecule has 19 heavy (non-hydrogen) atoms. The number of aliphatic hydroxyl groups is 1. The Morgan fingerprint density at radius 3 is 2.63 bits per heavy atom. The lowest BCUT2D eigenvalue weighted by Crippen LogP contribution is -2.44. The molecule has 1 amide bonds. The molecule has 0 aliphatic rings. The Hall–Kier alpha value is -1.93. The smallest absolute Gasteiger partial charge is 0.270 e. The predicted molar refractivity (Wildman–Crippen MR) is 71.4 cm³/mol. The largest absolute Gasteiger partial charge is 0.396 e. The number of amides is 1. The van der Waals surface area contributed by atoms with Crippen molar-refractivity contribution in [3.8, 4) is 6.07 Å². The van der Waals surface area contributed by atoms with Crippen LogP contribution < -0.4 is 5.32 Å². The molecular formula is C14H19N3O2. The number of nitriles is 1. The summed E-state index contributed by atoms with van der Waals surface area (Å²) < 4.78 is 0. The maximum Gasteiger partial charge on any atom is 0.270 e.